The Balaban J connectivity index is 1.49. The average Bonchev–Trinajstić information content (AvgIpc) is 3.06. The van der Waals surface area contributed by atoms with Gasteiger partial charge in [-0.05, 0) is 49.3 Å². The molecule has 3 rings (SSSR count). The van der Waals surface area contributed by atoms with E-state index < -0.39 is 0 Å². The smallest absolute Gasteiger partial charge is 0.187 e. The van der Waals surface area contributed by atoms with Crippen molar-refractivity contribution in [2.24, 2.45) is 5.10 Å². The molecule has 1 aromatic rings. The Bertz CT molecular complexity index is 642. The number of thiocarbonyl (C=S) groups is 1. The van der Waals surface area contributed by atoms with E-state index in [0.717, 1.165) is 36.3 Å². The lowest BCUT2D eigenvalue weighted by molar-refractivity contribution is 0.114. The van der Waals surface area contributed by atoms with E-state index in [1.165, 1.54) is 0 Å². The number of halogens is 1. The highest BCUT2D eigenvalue weighted by Gasteiger charge is 2.15. The van der Waals surface area contributed by atoms with E-state index in [4.69, 9.17) is 33.3 Å². The number of rotatable bonds is 4. The van der Waals surface area contributed by atoms with Crippen LogP contribution in [0.15, 0.2) is 28.9 Å². The highest BCUT2D eigenvalue weighted by molar-refractivity contribution is 7.80. The summed E-state index contributed by atoms with van der Waals surface area (Å²) in [6.07, 6.45) is 6.13. The summed E-state index contributed by atoms with van der Waals surface area (Å²) in [7, 11) is 0. The quantitative estimate of drug-likeness (QED) is 0.496. The van der Waals surface area contributed by atoms with Crippen LogP contribution in [-0.4, -0.2) is 37.2 Å². The van der Waals surface area contributed by atoms with Crippen molar-refractivity contribution in [2.75, 3.05) is 19.8 Å². The molecule has 0 amide bonds. The van der Waals surface area contributed by atoms with E-state index >= 15 is 0 Å². The largest absolute Gasteiger partial charge is 0.488 e. The molecular formula is C16H18ClN3O2S. The summed E-state index contributed by atoms with van der Waals surface area (Å²) in [5.74, 6) is 0.827. The molecule has 5 nitrogen and oxygen atoms in total. The lowest BCUT2D eigenvalue weighted by atomic mass is 10.1. The third-order valence-corrected chi connectivity index (χ3v) is 4.09. The molecule has 1 fully saturated rings. The van der Waals surface area contributed by atoms with Gasteiger partial charge in [0.2, 0.25) is 0 Å². The van der Waals surface area contributed by atoms with Gasteiger partial charge in [-0.15, -0.1) is 0 Å². The second-order valence-corrected chi connectivity index (χ2v) is 6.25. The minimum atomic E-state index is 0.245. The van der Waals surface area contributed by atoms with Crippen LogP contribution in [0.5, 0.6) is 5.75 Å². The standard InChI is InChI=1S/C16H18ClN3O2S/c17-13-3-4-15-12(7-13)6-11(10-22-15)8-19-20-16(23)18-9-14-2-1-5-21-14/h3-4,6-8,14H,1-2,5,9-10H2,(H2,18,20,23). The molecule has 2 heterocycles. The van der Waals surface area contributed by atoms with E-state index in [9.17, 15) is 0 Å². The van der Waals surface area contributed by atoms with Crippen molar-refractivity contribution < 1.29 is 9.47 Å². The number of hydrogen-bond donors (Lipinski definition) is 2. The van der Waals surface area contributed by atoms with Crippen LogP contribution < -0.4 is 15.5 Å². The fraction of sp³-hybridized carbons (Fsp3) is 0.375. The van der Waals surface area contributed by atoms with E-state index in [-0.39, 0.29) is 6.10 Å². The number of nitrogens with zero attached hydrogens (tertiary/aromatic N) is 1. The first-order chi connectivity index (χ1) is 11.2. The van der Waals surface area contributed by atoms with Gasteiger partial charge in [0.15, 0.2) is 5.11 Å². The number of benzene rings is 1. The molecule has 122 valence electrons. The number of fused-ring (bicyclic) bond motifs is 1. The van der Waals surface area contributed by atoms with Crippen LogP contribution in [0, 0.1) is 0 Å². The summed E-state index contributed by atoms with van der Waals surface area (Å²) in [6.45, 7) is 2.01. The highest BCUT2D eigenvalue weighted by Crippen LogP contribution is 2.28. The first kappa shape index (κ1) is 16.2. The summed E-state index contributed by atoms with van der Waals surface area (Å²) >= 11 is 11.2. The predicted octanol–water partition coefficient (Wildman–Crippen LogP) is 2.74. The lowest BCUT2D eigenvalue weighted by Crippen LogP contribution is -2.37. The Hall–Kier alpha value is -1.63. The Morgan fingerprint density at radius 1 is 1.48 bits per heavy atom. The number of nitrogens with one attached hydrogen (secondary N) is 2. The van der Waals surface area contributed by atoms with Crippen molar-refractivity contribution in [3.05, 3.63) is 34.4 Å². The third kappa shape index (κ3) is 4.67. The maximum absolute atomic E-state index is 5.99. The van der Waals surface area contributed by atoms with E-state index in [0.29, 0.717) is 23.3 Å². The number of hydrogen-bond acceptors (Lipinski definition) is 4. The van der Waals surface area contributed by atoms with Gasteiger partial charge in [0, 0.05) is 29.3 Å². The van der Waals surface area contributed by atoms with Crippen molar-refractivity contribution in [1.82, 2.24) is 10.7 Å². The summed E-state index contributed by atoms with van der Waals surface area (Å²) < 4.78 is 11.2. The third-order valence-electron chi connectivity index (χ3n) is 3.62. The van der Waals surface area contributed by atoms with Gasteiger partial charge in [-0.25, -0.2) is 0 Å². The summed E-state index contributed by atoms with van der Waals surface area (Å²) in [4.78, 5) is 0. The molecule has 1 unspecified atom stereocenters. The molecule has 7 heteroatoms. The Labute approximate surface area is 145 Å². The van der Waals surface area contributed by atoms with Crippen molar-refractivity contribution >= 4 is 41.2 Å². The Morgan fingerprint density at radius 2 is 2.39 bits per heavy atom. The van der Waals surface area contributed by atoms with Crippen LogP contribution in [0.3, 0.4) is 0 Å². The Morgan fingerprint density at radius 3 is 3.22 bits per heavy atom. The molecular weight excluding hydrogens is 334 g/mol. The monoisotopic (exact) mass is 351 g/mol. The fourth-order valence-electron chi connectivity index (χ4n) is 2.47. The van der Waals surface area contributed by atoms with Gasteiger partial charge >= 0.3 is 0 Å². The van der Waals surface area contributed by atoms with Gasteiger partial charge in [0.1, 0.15) is 12.4 Å². The zero-order valence-corrected chi connectivity index (χ0v) is 14.1. The topological polar surface area (TPSA) is 54.9 Å². The van der Waals surface area contributed by atoms with Gasteiger partial charge in [-0.1, -0.05) is 11.6 Å². The van der Waals surface area contributed by atoms with Crippen LogP contribution in [-0.2, 0) is 4.74 Å². The van der Waals surface area contributed by atoms with E-state index in [1.807, 2.05) is 24.3 Å². The number of hydrazone groups is 1. The van der Waals surface area contributed by atoms with Crippen molar-refractivity contribution in [2.45, 2.75) is 18.9 Å². The van der Waals surface area contributed by atoms with E-state index in [2.05, 4.69) is 15.8 Å². The minimum Gasteiger partial charge on any atom is -0.488 e. The van der Waals surface area contributed by atoms with Gasteiger partial charge in [0.25, 0.3) is 0 Å². The maximum atomic E-state index is 5.99. The lowest BCUT2D eigenvalue weighted by Gasteiger charge is -2.16. The summed E-state index contributed by atoms with van der Waals surface area (Å²) in [6, 6.07) is 5.54. The molecule has 2 N–H and O–H groups in total. The number of ether oxygens (including phenoxy) is 2. The summed E-state index contributed by atoms with van der Waals surface area (Å²) in [5, 5.41) is 8.40. The molecule has 2 aliphatic rings. The highest BCUT2D eigenvalue weighted by atomic mass is 35.5. The van der Waals surface area contributed by atoms with Gasteiger partial charge in [0.05, 0.1) is 12.3 Å². The molecule has 0 radical (unpaired) electrons. The van der Waals surface area contributed by atoms with Crippen molar-refractivity contribution in [3.8, 4) is 5.75 Å². The Kier molecular flexibility index (Phi) is 5.48. The molecule has 0 aromatic heterocycles. The predicted molar refractivity (Wildman–Crippen MR) is 96.1 cm³/mol. The molecule has 0 spiro atoms. The molecule has 0 saturated carbocycles. The van der Waals surface area contributed by atoms with Gasteiger partial charge in [-0.2, -0.15) is 5.10 Å². The second-order valence-electron chi connectivity index (χ2n) is 5.41. The average molecular weight is 352 g/mol. The van der Waals surface area contributed by atoms with Crippen LogP contribution in [0.1, 0.15) is 18.4 Å². The van der Waals surface area contributed by atoms with Crippen LogP contribution >= 0.6 is 23.8 Å². The molecule has 0 aliphatic carbocycles. The zero-order valence-electron chi connectivity index (χ0n) is 12.5. The SMILES string of the molecule is S=C(NCC1CCCO1)NN=CC1=Cc2cc(Cl)ccc2OC1. The molecule has 1 saturated heterocycles. The fourth-order valence-corrected chi connectivity index (χ4v) is 2.78. The molecule has 23 heavy (non-hydrogen) atoms. The maximum Gasteiger partial charge on any atom is 0.187 e. The minimum absolute atomic E-state index is 0.245. The normalized spacial score (nSPS) is 19.9. The van der Waals surface area contributed by atoms with Gasteiger partial charge < -0.3 is 14.8 Å². The van der Waals surface area contributed by atoms with Crippen LogP contribution in [0.25, 0.3) is 6.08 Å². The van der Waals surface area contributed by atoms with Crippen molar-refractivity contribution in [3.63, 3.8) is 0 Å². The summed E-state index contributed by atoms with van der Waals surface area (Å²) in [5.41, 5.74) is 4.69. The molecule has 0 bridgehead atoms. The first-order valence-electron chi connectivity index (χ1n) is 7.52. The van der Waals surface area contributed by atoms with E-state index in [1.54, 1.807) is 6.21 Å². The first-order valence-corrected chi connectivity index (χ1v) is 8.31. The zero-order chi connectivity index (χ0) is 16.1. The second kappa shape index (κ2) is 7.77. The molecule has 1 aromatic carbocycles. The van der Waals surface area contributed by atoms with Crippen LogP contribution in [0.4, 0.5) is 0 Å². The molecule has 2 aliphatic heterocycles. The van der Waals surface area contributed by atoms with Crippen molar-refractivity contribution in [1.29, 1.82) is 0 Å². The molecule has 1 atom stereocenters. The van der Waals surface area contributed by atoms with Crippen LogP contribution in [0.2, 0.25) is 5.02 Å². The van der Waals surface area contributed by atoms with Gasteiger partial charge in [-0.3, -0.25) is 5.43 Å².